The van der Waals surface area contributed by atoms with E-state index in [1.807, 2.05) is 138 Å². The molecule has 1 saturated carbocycles. The molecule has 3 aliphatic rings. The van der Waals surface area contributed by atoms with Gasteiger partial charge < -0.3 is 18.8 Å². The van der Waals surface area contributed by atoms with Crippen LogP contribution in [0.5, 0.6) is 0 Å². The van der Waals surface area contributed by atoms with Crippen LogP contribution in [0.15, 0.2) is 251 Å². The quantitative estimate of drug-likeness (QED) is 0.0569. The molecule has 0 bridgehead atoms. The minimum Gasteiger partial charge on any atom is -0.377 e. The number of ether oxygens (including phenoxy) is 1. The molecule has 1 aliphatic carbocycles. The Morgan fingerprint density at radius 1 is 0.407 bits per heavy atom. The smallest absolute Gasteiger partial charge is 0.377 e. The number of anilines is 1. The van der Waals surface area contributed by atoms with Gasteiger partial charge in [-0.15, -0.1) is 0 Å². The zero-order valence-electron chi connectivity index (χ0n) is 85.8. The second kappa shape index (κ2) is 40.1. The molecule has 2 saturated heterocycles. The van der Waals surface area contributed by atoms with Crippen molar-refractivity contribution >= 4 is 50.5 Å². The first-order chi connectivity index (χ1) is 71.9. The van der Waals surface area contributed by atoms with Crippen molar-refractivity contribution in [3.63, 3.8) is 0 Å². The molecular weight excluding hydrogens is 1920 g/mol. The Morgan fingerprint density at radius 3 is 1.19 bits per heavy atom. The van der Waals surface area contributed by atoms with Crippen LogP contribution in [-0.4, -0.2) is 151 Å². The van der Waals surface area contributed by atoms with Gasteiger partial charge in [-0.2, -0.15) is 36.5 Å². The summed E-state index contributed by atoms with van der Waals surface area (Å²) in [4.78, 5) is 110. The molecule has 0 N–H and O–H groups in total. The summed E-state index contributed by atoms with van der Waals surface area (Å²) in [6.45, 7) is 26.8. The number of halogens is 6. The molecule has 150 heavy (non-hydrogen) atoms. The molecule has 2 aliphatic heterocycles. The van der Waals surface area contributed by atoms with Crippen molar-refractivity contribution in [1.82, 2.24) is 125 Å². The predicted molar refractivity (Wildman–Crippen MR) is 563 cm³/mol. The number of pyridine rings is 2. The van der Waals surface area contributed by atoms with Gasteiger partial charge in [0.25, 0.3) is 0 Å². The number of rotatable bonds is 22. The predicted octanol–water partition coefficient (Wildman–Crippen LogP) is 19.5. The third-order valence-corrected chi connectivity index (χ3v) is 28.1. The van der Waals surface area contributed by atoms with Crippen LogP contribution in [0.1, 0.15) is 178 Å². The average Bonchev–Trinajstić information content (AvgIpc) is 1.54. The molecular formula is C112H111F6N27O5. The van der Waals surface area contributed by atoms with Gasteiger partial charge in [-0.05, 0) is 152 Å². The molecule has 0 spiro atoms. The zero-order valence-corrected chi connectivity index (χ0v) is 85.8. The highest BCUT2D eigenvalue weighted by Crippen LogP contribution is 2.51. The van der Waals surface area contributed by atoms with Crippen LogP contribution in [-0.2, 0) is 77.5 Å². The maximum absolute atomic E-state index is 13.5. The van der Waals surface area contributed by atoms with Crippen molar-refractivity contribution in [3.8, 4) is 79.7 Å². The second-order valence-corrected chi connectivity index (χ2v) is 39.7. The Labute approximate surface area is 857 Å². The van der Waals surface area contributed by atoms with Crippen molar-refractivity contribution in [2.75, 3.05) is 31.2 Å². The topological polar surface area (TPSA) is 320 Å². The summed E-state index contributed by atoms with van der Waals surface area (Å²) in [7, 11) is 8.43. The summed E-state index contributed by atoms with van der Waals surface area (Å²) in [6, 6.07) is 58.3. The molecule has 3 fully saturated rings. The molecule has 38 heteroatoms. The Hall–Kier alpha value is -16.8. The zero-order chi connectivity index (χ0) is 106. The standard InChI is InChI=1S/C29H27F3N6O2.C28H26F3N7O.C28H30N8O.C27H28N6O/c1-17(2)21-6-4-5-7-22(21)25-33-12-23-27(35-25)38(28(39)36(23)3)13-18-8-10-19(11-9-18)26-34-24(29(30,31)32)14-37(26)20-15-40-16-20;1-16(2)22-19(6-5-13-32-22)23-33-14-20-25(35-23)38(26(39)37(20)4)27(11-12-27)18-9-7-17(8-10-18)24-34-21(15-36(24)3)28(29,30)31;1-18(2)25-22(7-5-12-29-25)26-30-16-23-27(31-26)35(28(37)33(23)4)17-20-8-10-21(11-9-20)36-19(3)15-24(32-36)34-13-6-14-34;1-17(2)22-8-6-7-9-23(22)25-28-15-24-26(29-25)32(27(34)31(24)5)16-20-10-12-21(13-11-20)33-19(4)14-18(3)30-33/h4-12,14,17,20H,13,15-16H2,1-3H3;5-10,13-16H,11-12H2,1-4H3;5,7-12,15-16,18H,6,13-14,17H2,1-4H3;6-15,17H,16H2,1-5H3. The van der Waals surface area contributed by atoms with Crippen LogP contribution in [0.25, 0.3) is 124 Å². The van der Waals surface area contributed by atoms with Gasteiger partial charge in [-0.1, -0.05) is 177 Å². The van der Waals surface area contributed by atoms with Crippen LogP contribution in [0.4, 0.5) is 32.2 Å². The summed E-state index contributed by atoms with van der Waals surface area (Å²) in [5, 5.41) is 9.35. The Balaban J connectivity index is 0.000000121. The maximum atomic E-state index is 13.5. The molecule has 0 radical (unpaired) electrons. The van der Waals surface area contributed by atoms with Gasteiger partial charge in [0.2, 0.25) is 0 Å². The van der Waals surface area contributed by atoms with Gasteiger partial charge in [0, 0.05) is 124 Å². The molecule has 14 aromatic heterocycles. The number of fused-ring (bicyclic) bond motifs is 4. The molecule has 0 amide bonds. The van der Waals surface area contributed by atoms with Crippen molar-refractivity contribution in [1.29, 1.82) is 0 Å². The first-order valence-electron chi connectivity index (χ1n) is 49.8. The summed E-state index contributed by atoms with van der Waals surface area (Å²) in [5.41, 5.74) is 19.5. The van der Waals surface area contributed by atoms with Gasteiger partial charge in [-0.25, -0.2) is 78.4 Å². The van der Waals surface area contributed by atoms with Crippen LogP contribution in [0, 0.1) is 20.8 Å². The molecule has 20 aromatic rings. The minimum atomic E-state index is -4.55. The lowest BCUT2D eigenvalue weighted by Gasteiger charge is -2.30. The Morgan fingerprint density at radius 2 is 0.793 bits per heavy atom. The SMILES string of the molecule is CC(C)c1ccccc1-c1ncc2c(n1)n(Cc1ccc(-c3nc(C(F)(F)F)cn3C3COC3)cc1)c(=O)n2C.CC(C)c1ncccc1-c1ncc2c(n1)n(C1(c3ccc(-c4nc(C(F)(F)F)cn4C)cc3)CC1)c(=O)n2C.Cc1cc(C)n(-c2ccc(Cn3c(=O)n(C)c4cnc(-c5ccccc5C(C)C)nc43)cc2)n1.Cc1cc(N2CCC2)nn1-c1ccc(Cn2c(=O)n(C)c3cnc(-c4cccnc4C(C)C)nc32)cc1. The summed E-state index contributed by atoms with van der Waals surface area (Å²) in [6.07, 6.45) is 5.99. The van der Waals surface area contributed by atoms with Crippen LogP contribution >= 0.6 is 0 Å². The van der Waals surface area contributed by atoms with Crippen molar-refractivity contribution in [3.05, 3.63) is 347 Å². The number of aromatic nitrogens is 26. The third-order valence-electron chi connectivity index (χ3n) is 28.1. The largest absolute Gasteiger partial charge is 0.434 e. The van der Waals surface area contributed by atoms with Crippen molar-refractivity contribution < 1.29 is 31.1 Å². The first kappa shape index (κ1) is 100. The van der Waals surface area contributed by atoms with E-state index in [9.17, 15) is 45.5 Å². The van der Waals surface area contributed by atoms with E-state index in [0.29, 0.717) is 106 Å². The Kier molecular flexibility index (Phi) is 26.9. The van der Waals surface area contributed by atoms with E-state index in [1.165, 1.54) is 32.7 Å². The number of hydrogen-bond acceptors (Lipinski definition) is 20. The number of aryl methyl sites for hydroxylation is 8. The highest BCUT2D eigenvalue weighted by Gasteiger charge is 2.50. The third kappa shape index (κ3) is 19.2. The summed E-state index contributed by atoms with van der Waals surface area (Å²) < 4.78 is 105. The highest BCUT2D eigenvalue weighted by atomic mass is 19.4. The number of alkyl halides is 6. The van der Waals surface area contributed by atoms with E-state index in [1.54, 1.807) is 134 Å². The molecule has 6 aromatic carbocycles. The molecule has 32 nitrogen and oxygen atoms in total. The fourth-order valence-electron chi connectivity index (χ4n) is 19.6. The number of benzene rings is 6. The minimum absolute atomic E-state index is 0.110. The summed E-state index contributed by atoms with van der Waals surface area (Å²) in [5.74, 6) is 4.73. The second-order valence-electron chi connectivity index (χ2n) is 39.7. The highest BCUT2D eigenvalue weighted by molar-refractivity contribution is 5.79. The van der Waals surface area contributed by atoms with Gasteiger partial charge in [-0.3, -0.25) is 46.5 Å². The van der Waals surface area contributed by atoms with Crippen molar-refractivity contribution in [2.45, 2.75) is 163 Å². The summed E-state index contributed by atoms with van der Waals surface area (Å²) >= 11 is 0. The number of hydrogen-bond donors (Lipinski definition) is 0. The fraction of sp³-hybridized carbons (Fsp3) is 0.304. The molecule has 0 atom stereocenters. The van der Waals surface area contributed by atoms with E-state index in [-0.39, 0.29) is 64.7 Å². The van der Waals surface area contributed by atoms with E-state index < -0.39 is 29.3 Å². The lowest BCUT2D eigenvalue weighted by molar-refractivity contribution is -0.141. The van der Waals surface area contributed by atoms with Gasteiger partial charge >= 0.3 is 35.1 Å². The van der Waals surface area contributed by atoms with Crippen LogP contribution in [0.2, 0.25) is 0 Å². The maximum Gasteiger partial charge on any atom is 0.434 e. The average molecular weight is 2030 g/mol. The molecule has 0 unspecified atom stereocenters. The van der Waals surface area contributed by atoms with Crippen LogP contribution < -0.4 is 27.7 Å². The molecule has 23 rings (SSSR count). The van der Waals surface area contributed by atoms with E-state index in [4.69, 9.17) is 29.8 Å². The Bertz CT molecular complexity index is 8770. The van der Waals surface area contributed by atoms with Crippen LogP contribution in [0.3, 0.4) is 0 Å². The monoisotopic (exact) mass is 2030 g/mol. The lowest BCUT2D eigenvalue weighted by atomic mass is 9.97. The number of nitrogens with zero attached hydrogens (tertiary/aromatic N) is 27. The first-order valence-corrected chi connectivity index (χ1v) is 49.8. The number of imidazole rings is 6. The van der Waals surface area contributed by atoms with Gasteiger partial charge in [0.15, 0.2) is 63.1 Å². The van der Waals surface area contributed by atoms with Crippen molar-refractivity contribution in [2.24, 2.45) is 35.2 Å². The van der Waals surface area contributed by atoms with E-state index in [2.05, 4.69) is 143 Å². The lowest BCUT2D eigenvalue weighted by Crippen LogP contribution is -2.37. The van der Waals surface area contributed by atoms with Gasteiger partial charge in [0.1, 0.15) is 33.7 Å². The van der Waals surface area contributed by atoms with Gasteiger partial charge in [0.05, 0.1) is 97.7 Å². The normalized spacial score (nSPS) is 13.6. The molecule has 16 heterocycles. The fourth-order valence-corrected chi connectivity index (χ4v) is 19.6. The van der Waals surface area contributed by atoms with E-state index >= 15 is 0 Å². The van der Waals surface area contributed by atoms with E-state index in [0.717, 1.165) is 140 Å². The molecule has 766 valence electrons.